The van der Waals surface area contributed by atoms with Crippen LogP contribution in [0.2, 0.25) is 0 Å². The van der Waals surface area contributed by atoms with E-state index in [9.17, 15) is 9.59 Å². The first-order valence-electron chi connectivity index (χ1n) is 4.59. The van der Waals surface area contributed by atoms with Crippen molar-refractivity contribution in [1.29, 1.82) is 0 Å². The second-order valence-electron chi connectivity index (χ2n) is 2.88. The first kappa shape index (κ1) is 12.7. The Morgan fingerprint density at radius 1 is 1.43 bits per heavy atom. The Hall–Kier alpha value is -1.32. The van der Waals surface area contributed by atoms with Gasteiger partial charge in [-0.05, 0) is 19.4 Å². The smallest absolute Gasteiger partial charge is 0.307 e. The van der Waals surface area contributed by atoms with Gasteiger partial charge in [0.2, 0.25) is 0 Å². The summed E-state index contributed by atoms with van der Waals surface area (Å²) in [6.07, 6.45) is 3.54. The summed E-state index contributed by atoms with van der Waals surface area (Å²) in [5.41, 5.74) is 0. The molecule has 0 bridgehead atoms. The Labute approximate surface area is 83.9 Å². The number of hydrogen-bond donors (Lipinski definition) is 0. The molecule has 0 aliphatic rings. The Morgan fingerprint density at radius 3 is 2.57 bits per heavy atom. The first-order chi connectivity index (χ1) is 6.56. The lowest BCUT2D eigenvalue weighted by molar-refractivity contribution is -0.146. The summed E-state index contributed by atoms with van der Waals surface area (Å²) < 4.78 is 9.50. The molecule has 14 heavy (non-hydrogen) atoms. The Bertz CT molecular complexity index is 220. The molecular formula is C10H16O4. The quantitative estimate of drug-likeness (QED) is 0.501. The average molecular weight is 200 g/mol. The van der Waals surface area contributed by atoms with Crippen molar-refractivity contribution in [3.05, 3.63) is 12.3 Å². The molecule has 4 heteroatoms. The number of esters is 2. The van der Waals surface area contributed by atoms with E-state index in [0.29, 0.717) is 6.42 Å². The van der Waals surface area contributed by atoms with Gasteiger partial charge in [-0.15, -0.1) is 0 Å². The number of hydrogen-bond acceptors (Lipinski definition) is 4. The highest BCUT2D eigenvalue weighted by Crippen LogP contribution is 1.98. The number of ether oxygens (including phenoxy) is 2. The van der Waals surface area contributed by atoms with Gasteiger partial charge in [0, 0.05) is 13.3 Å². The lowest BCUT2D eigenvalue weighted by Gasteiger charge is -2.07. The molecule has 0 aromatic carbocycles. The Balaban J connectivity index is 3.74. The molecule has 0 saturated carbocycles. The molecule has 0 aromatic rings. The van der Waals surface area contributed by atoms with Crippen LogP contribution >= 0.6 is 0 Å². The van der Waals surface area contributed by atoms with Gasteiger partial charge in [-0.25, -0.2) is 0 Å². The van der Waals surface area contributed by atoms with Crippen LogP contribution in [0.4, 0.5) is 0 Å². The molecule has 4 nitrogen and oxygen atoms in total. The maximum atomic E-state index is 11.0. The summed E-state index contributed by atoms with van der Waals surface area (Å²) in [6.45, 7) is 4.91. The van der Waals surface area contributed by atoms with Crippen LogP contribution in [0.15, 0.2) is 12.3 Å². The number of carbonyl (C=O) groups excluding carboxylic acids is 2. The standard InChI is InChI=1S/C10H16O4/c1-4-5-10(12)14-8(2)6-7-13-9(3)11/h6-8H,4-5H2,1-3H3. The van der Waals surface area contributed by atoms with Crippen LogP contribution in [0, 0.1) is 0 Å². The number of rotatable bonds is 5. The minimum atomic E-state index is -0.395. The van der Waals surface area contributed by atoms with E-state index >= 15 is 0 Å². The van der Waals surface area contributed by atoms with E-state index in [1.165, 1.54) is 19.3 Å². The molecule has 0 N–H and O–H groups in total. The van der Waals surface area contributed by atoms with Gasteiger partial charge in [0.25, 0.3) is 0 Å². The maximum absolute atomic E-state index is 11.0. The van der Waals surface area contributed by atoms with Crippen molar-refractivity contribution in [2.75, 3.05) is 0 Å². The van der Waals surface area contributed by atoms with Crippen molar-refractivity contribution in [1.82, 2.24) is 0 Å². The van der Waals surface area contributed by atoms with Gasteiger partial charge < -0.3 is 9.47 Å². The highest BCUT2D eigenvalue weighted by Gasteiger charge is 2.04. The van der Waals surface area contributed by atoms with Crippen molar-refractivity contribution in [3.8, 4) is 0 Å². The molecule has 0 aliphatic carbocycles. The summed E-state index contributed by atoms with van der Waals surface area (Å²) >= 11 is 0. The largest absolute Gasteiger partial charge is 0.458 e. The van der Waals surface area contributed by atoms with E-state index in [2.05, 4.69) is 4.74 Å². The molecule has 0 amide bonds. The van der Waals surface area contributed by atoms with Crippen LogP contribution in [0.3, 0.4) is 0 Å². The van der Waals surface area contributed by atoms with Crippen LogP contribution in [0.1, 0.15) is 33.6 Å². The average Bonchev–Trinajstić information content (AvgIpc) is 2.03. The normalized spacial score (nSPS) is 12.5. The molecule has 0 spiro atoms. The minimum absolute atomic E-state index is 0.243. The predicted octanol–water partition coefficient (Wildman–Crippen LogP) is 1.79. The van der Waals surface area contributed by atoms with Gasteiger partial charge in [0.15, 0.2) is 0 Å². The fraction of sp³-hybridized carbons (Fsp3) is 0.600. The van der Waals surface area contributed by atoms with Crippen LogP contribution in [0.5, 0.6) is 0 Å². The fourth-order valence-corrected chi connectivity index (χ4v) is 0.755. The molecule has 0 rings (SSSR count). The van der Waals surface area contributed by atoms with Crippen molar-refractivity contribution in [2.45, 2.75) is 39.7 Å². The monoisotopic (exact) mass is 200 g/mol. The number of carbonyl (C=O) groups is 2. The summed E-state index contributed by atoms with van der Waals surface area (Å²) in [5, 5.41) is 0. The minimum Gasteiger partial charge on any atom is -0.458 e. The fourth-order valence-electron chi connectivity index (χ4n) is 0.755. The van der Waals surface area contributed by atoms with E-state index in [1.54, 1.807) is 6.92 Å². The van der Waals surface area contributed by atoms with Crippen LogP contribution < -0.4 is 0 Å². The van der Waals surface area contributed by atoms with Gasteiger partial charge in [0.05, 0.1) is 6.26 Å². The predicted molar refractivity (Wildman–Crippen MR) is 51.4 cm³/mol. The molecule has 0 radical (unpaired) electrons. The second-order valence-corrected chi connectivity index (χ2v) is 2.88. The molecule has 0 aromatic heterocycles. The van der Waals surface area contributed by atoms with Crippen molar-refractivity contribution in [3.63, 3.8) is 0 Å². The second kappa shape index (κ2) is 7.12. The molecule has 0 heterocycles. The summed E-state index contributed by atoms with van der Waals surface area (Å²) in [4.78, 5) is 21.4. The van der Waals surface area contributed by atoms with Crippen LogP contribution in [0.25, 0.3) is 0 Å². The zero-order chi connectivity index (χ0) is 11.0. The molecule has 1 unspecified atom stereocenters. The Kier molecular flexibility index (Phi) is 6.45. The van der Waals surface area contributed by atoms with E-state index in [1.807, 2.05) is 6.92 Å². The van der Waals surface area contributed by atoms with Gasteiger partial charge in [-0.1, -0.05) is 6.92 Å². The molecule has 1 atom stereocenters. The van der Waals surface area contributed by atoms with Gasteiger partial charge in [0.1, 0.15) is 6.10 Å². The lowest BCUT2D eigenvalue weighted by Crippen LogP contribution is -2.12. The summed E-state index contributed by atoms with van der Waals surface area (Å²) in [5.74, 6) is -0.638. The van der Waals surface area contributed by atoms with E-state index in [0.717, 1.165) is 6.42 Å². The van der Waals surface area contributed by atoms with Crippen LogP contribution in [-0.2, 0) is 19.1 Å². The highest BCUT2D eigenvalue weighted by molar-refractivity contribution is 5.69. The topological polar surface area (TPSA) is 52.6 Å². The molecule has 0 fully saturated rings. The highest BCUT2D eigenvalue weighted by atomic mass is 16.5. The molecule has 0 saturated heterocycles. The summed E-state index contributed by atoms with van der Waals surface area (Å²) in [6, 6.07) is 0. The van der Waals surface area contributed by atoms with E-state index in [4.69, 9.17) is 4.74 Å². The lowest BCUT2D eigenvalue weighted by atomic mass is 10.3. The maximum Gasteiger partial charge on any atom is 0.307 e. The Morgan fingerprint density at radius 2 is 2.07 bits per heavy atom. The zero-order valence-corrected chi connectivity index (χ0v) is 8.78. The van der Waals surface area contributed by atoms with Crippen molar-refractivity contribution in [2.24, 2.45) is 0 Å². The molecule has 80 valence electrons. The third-order valence-corrected chi connectivity index (χ3v) is 1.36. The summed E-state index contributed by atoms with van der Waals surface area (Å²) in [7, 11) is 0. The zero-order valence-electron chi connectivity index (χ0n) is 8.78. The SMILES string of the molecule is CCCC(=O)OC(C)C=COC(C)=O. The first-order valence-corrected chi connectivity index (χ1v) is 4.59. The third kappa shape index (κ3) is 7.34. The molecule has 0 aliphatic heterocycles. The molecular weight excluding hydrogens is 184 g/mol. The van der Waals surface area contributed by atoms with Crippen molar-refractivity contribution < 1.29 is 19.1 Å². The third-order valence-electron chi connectivity index (χ3n) is 1.36. The van der Waals surface area contributed by atoms with Crippen LogP contribution in [-0.4, -0.2) is 18.0 Å². The van der Waals surface area contributed by atoms with Gasteiger partial charge >= 0.3 is 11.9 Å². The van der Waals surface area contributed by atoms with Gasteiger partial charge in [-0.3, -0.25) is 9.59 Å². The van der Waals surface area contributed by atoms with E-state index < -0.39 is 5.97 Å². The van der Waals surface area contributed by atoms with Crippen molar-refractivity contribution >= 4 is 11.9 Å². The van der Waals surface area contributed by atoms with E-state index in [-0.39, 0.29) is 12.1 Å². The van der Waals surface area contributed by atoms with Gasteiger partial charge in [-0.2, -0.15) is 0 Å².